The fraction of sp³-hybridized carbons (Fsp3) is 0.240. The summed E-state index contributed by atoms with van der Waals surface area (Å²) in [7, 11) is -6.11. The number of hydrogen-bond donors (Lipinski definition) is 2. The molecule has 1 aliphatic heterocycles. The van der Waals surface area contributed by atoms with Gasteiger partial charge in [-0.15, -0.1) is 0 Å². The number of piperidine rings is 1. The Balaban J connectivity index is 1.48. The fourth-order valence-electron chi connectivity index (χ4n) is 3.91. The number of methoxy groups -OCH3 is 1. The zero-order chi connectivity index (χ0) is 25.8. The van der Waals surface area contributed by atoms with Crippen LogP contribution in [0.2, 0.25) is 0 Å². The molecule has 0 radical (unpaired) electrons. The minimum Gasteiger partial charge on any atom is -0.495 e. The van der Waals surface area contributed by atoms with Crippen LogP contribution in [0.25, 0.3) is 0 Å². The molecule has 190 valence electrons. The number of carbonyl (C=O) groups excluding carboxylic acids is 1. The number of ether oxygens (including phenoxy) is 1. The summed E-state index contributed by atoms with van der Waals surface area (Å²) in [5, 5.41) is 2.66. The van der Waals surface area contributed by atoms with E-state index in [9.17, 15) is 21.6 Å². The van der Waals surface area contributed by atoms with Gasteiger partial charge in [0.15, 0.2) is 0 Å². The lowest BCUT2D eigenvalue weighted by molar-refractivity contribution is 0.102. The monoisotopic (exact) mass is 529 g/mol. The van der Waals surface area contributed by atoms with Crippen molar-refractivity contribution in [3.05, 3.63) is 78.4 Å². The van der Waals surface area contributed by atoms with E-state index >= 15 is 0 Å². The molecule has 0 saturated carbocycles. The summed E-state index contributed by atoms with van der Waals surface area (Å²) in [5.74, 6) is -0.125. The Morgan fingerprint density at radius 1 is 0.833 bits per heavy atom. The van der Waals surface area contributed by atoms with Gasteiger partial charge in [0, 0.05) is 24.3 Å². The molecule has 0 unspecified atom stereocenters. The predicted molar refractivity (Wildman–Crippen MR) is 137 cm³/mol. The van der Waals surface area contributed by atoms with Gasteiger partial charge >= 0.3 is 0 Å². The summed E-state index contributed by atoms with van der Waals surface area (Å²) in [5.41, 5.74) is 0.801. The van der Waals surface area contributed by atoms with Crippen LogP contribution in [0.4, 0.5) is 11.4 Å². The van der Waals surface area contributed by atoms with Crippen molar-refractivity contribution in [2.45, 2.75) is 29.1 Å². The van der Waals surface area contributed by atoms with Gasteiger partial charge in [0.25, 0.3) is 15.9 Å². The summed E-state index contributed by atoms with van der Waals surface area (Å²) >= 11 is 0. The molecule has 0 aliphatic carbocycles. The molecule has 1 fully saturated rings. The molecule has 9 nitrogen and oxygen atoms in total. The van der Waals surface area contributed by atoms with Crippen molar-refractivity contribution in [3.63, 3.8) is 0 Å². The predicted octanol–water partition coefficient (Wildman–Crippen LogP) is 3.92. The third-order valence-electron chi connectivity index (χ3n) is 5.82. The zero-order valence-corrected chi connectivity index (χ0v) is 21.3. The first-order valence-corrected chi connectivity index (χ1v) is 14.3. The van der Waals surface area contributed by atoms with Gasteiger partial charge in [-0.2, -0.15) is 4.31 Å². The Morgan fingerprint density at radius 2 is 1.53 bits per heavy atom. The summed E-state index contributed by atoms with van der Waals surface area (Å²) in [6.45, 7) is 0.992. The van der Waals surface area contributed by atoms with Crippen molar-refractivity contribution in [2.75, 3.05) is 30.2 Å². The van der Waals surface area contributed by atoms with Gasteiger partial charge < -0.3 is 10.1 Å². The average molecular weight is 530 g/mol. The van der Waals surface area contributed by atoms with Crippen molar-refractivity contribution < 1.29 is 26.4 Å². The maximum atomic E-state index is 12.9. The first-order chi connectivity index (χ1) is 17.2. The number of sulfonamides is 2. The number of nitrogens with zero attached hydrogens (tertiary/aromatic N) is 1. The largest absolute Gasteiger partial charge is 0.495 e. The Kier molecular flexibility index (Phi) is 7.62. The molecule has 11 heteroatoms. The Bertz CT molecular complexity index is 1450. The van der Waals surface area contributed by atoms with Crippen molar-refractivity contribution in [2.24, 2.45) is 0 Å². The minimum atomic E-state index is -3.95. The molecule has 4 rings (SSSR count). The SMILES string of the molecule is COc1ccccc1NS(=O)(=O)c1cccc(NC(=O)c2ccc(S(=O)(=O)N3CCCCC3)cc2)c1. The molecule has 1 saturated heterocycles. The van der Waals surface area contributed by atoms with E-state index in [0.717, 1.165) is 19.3 Å². The minimum absolute atomic E-state index is 0.0471. The Morgan fingerprint density at radius 3 is 2.22 bits per heavy atom. The lowest BCUT2D eigenvalue weighted by Gasteiger charge is -2.25. The van der Waals surface area contributed by atoms with Gasteiger partial charge in [0.2, 0.25) is 10.0 Å². The molecule has 1 aliphatic rings. The number of anilines is 2. The van der Waals surface area contributed by atoms with Gasteiger partial charge in [-0.05, 0) is 67.4 Å². The molecule has 36 heavy (non-hydrogen) atoms. The molecule has 1 heterocycles. The molecule has 0 spiro atoms. The van der Waals surface area contributed by atoms with Crippen LogP contribution in [0.3, 0.4) is 0 Å². The van der Waals surface area contributed by atoms with Gasteiger partial charge in [-0.25, -0.2) is 16.8 Å². The van der Waals surface area contributed by atoms with Crippen LogP contribution < -0.4 is 14.8 Å². The van der Waals surface area contributed by atoms with Gasteiger partial charge in [0.1, 0.15) is 5.75 Å². The highest BCUT2D eigenvalue weighted by Crippen LogP contribution is 2.27. The van der Waals surface area contributed by atoms with Crippen molar-refractivity contribution in [1.29, 1.82) is 0 Å². The van der Waals surface area contributed by atoms with Gasteiger partial charge in [0.05, 0.1) is 22.6 Å². The van der Waals surface area contributed by atoms with E-state index in [0.29, 0.717) is 18.8 Å². The second-order valence-electron chi connectivity index (χ2n) is 8.28. The summed E-state index contributed by atoms with van der Waals surface area (Å²) in [6.07, 6.45) is 2.69. The number of carbonyl (C=O) groups is 1. The van der Waals surface area contributed by atoms with Crippen LogP contribution in [0.15, 0.2) is 82.6 Å². The highest BCUT2D eigenvalue weighted by Gasteiger charge is 2.26. The number of nitrogens with one attached hydrogen (secondary N) is 2. The second-order valence-corrected chi connectivity index (χ2v) is 11.9. The second kappa shape index (κ2) is 10.7. The van der Waals surface area contributed by atoms with Gasteiger partial charge in [-0.1, -0.05) is 24.6 Å². The number of hydrogen-bond acceptors (Lipinski definition) is 6. The van der Waals surface area contributed by atoms with E-state index in [-0.39, 0.29) is 26.7 Å². The molecule has 1 amide bonds. The number of para-hydroxylation sites is 2. The maximum absolute atomic E-state index is 12.9. The number of benzene rings is 3. The van der Waals surface area contributed by atoms with Crippen LogP contribution in [0.1, 0.15) is 29.6 Å². The van der Waals surface area contributed by atoms with Crippen LogP contribution in [0, 0.1) is 0 Å². The van der Waals surface area contributed by atoms with Crippen LogP contribution in [-0.4, -0.2) is 47.2 Å². The van der Waals surface area contributed by atoms with E-state index in [1.807, 2.05) is 0 Å². The van der Waals surface area contributed by atoms with E-state index in [2.05, 4.69) is 10.0 Å². The van der Waals surface area contributed by atoms with Crippen molar-refractivity contribution >= 4 is 37.3 Å². The normalized spacial score (nSPS) is 14.7. The Labute approximate surface area is 211 Å². The maximum Gasteiger partial charge on any atom is 0.262 e. The molecule has 3 aromatic carbocycles. The third-order valence-corrected chi connectivity index (χ3v) is 9.10. The van der Waals surface area contributed by atoms with E-state index in [1.165, 1.54) is 53.9 Å². The van der Waals surface area contributed by atoms with Crippen LogP contribution in [0.5, 0.6) is 5.75 Å². The third kappa shape index (κ3) is 5.69. The fourth-order valence-corrected chi connectivity index (χ4v) is 6.54. The lowest BCUT2D eigenvalue weighted by atomic mass is 10.2. The number of rotatable bonds is 8. The summed E-state index contributed by atoms with van der Waals surface area (Å²) < 4.78 is 60.6. The lowest BCUT2D eigenvalue weighted by Crippen LogP contribution is -2.35. The standard InChI is InChI=1S/C25H27N3O6S2/c1-34-24-11-4-3-10-23(24)27-35(30,31)22-9-7-8-20(18-22)26-25(29)19-12-14-21(15-13-19)36(32,33)28-16-5-2-6-17-28/h3-4,7-15,18,27H,2,5-6,16-17H2,1H3,(H,26,29). The quantitative estimate of drug-likeness (QED) is 0.456. The van der Waals surface area contributed by atoms with E-state index < -0.39 is 26.0 Å². The van der Waals surface area contributed by atoms with Crippen molar-refractivity contribution in [1.82, 2.24) is 4.31 Å². The molecular weight excluding hydrogens is 502 g/mol. The van der Waals surface area contributed by atoms with Crippen LogP contribution in [-0.2, 0) is 20.0 Å². The smallest absolute Gasteiger partial charge is 0.262 e. The first kappa shape index (κ1) is 25.7. The molecule has 0 bridgehead atoms. The van der Waals surface area contributed by atoms with E-state index in [4.69, 9.17) is 4.74 Å². The average Bonchev–Trinajstić information content (AvgIpc) is 2.89. The Hall–Kier alpha value is -3.41. The molecular formula is C25H27N3O6S2. The van der Waals surface area contributed by atoms with Crippen LogP contribution >= 0.6 is 0 Å². The molecule has 3 aromatic rings. The molecule has 0 aromatic heterocycles. The first-order valence-electron chi connectivity index (χ1n) is 11.4. The van der Waals surface area contributed by atoms with Gasteiger partial charge in [-0.3, -0.25) is 9.52 Å². The van der Waals surface area contributed by atoms with Crippen molar-refractivity contribution in [3.8, 4) is 5.75 Å². The highest BCUT2D eigenvalue weighted by molar-refractivity contribution is 7.92. The topological polar surface area (TPSA) is 122 Å². The summed E-state index contributed by atoms with van der Waals surface area (Å²) in [4.78, 5) is 12.8. The zero-order valence-electron chi connectivity index (χ0n) is 19.7. The molecule has 2 N–H and O–H groups in total. The number of amides is 1. The molecule has 0 atom stereocenters. The summed E-state index contributed by atoms with van der Waals surface area (Å²) in [6, 6.07) is 18.2. The highest BCUT2D eigenvalue weighted by atomic mass is 32.2. The van der Waals surface area contributed by atoms with E-state index in [1.54, 1.807) is 30.3 Å².